The lowest BCUT2D eigenvalue weighted by atomic mass is 10.3. The molecule has 1 N–H and O–H groups in total. The molecule has 0 radical (unpaired) electrons. The Morgan fingerprint density at radius 3 is 3.00 bits per heavy atom. The van der Waals surface area contributed by atoms with Gasteiger partial charge in [0.2, 0.25) is 0 Å². The molecule has 0 atom stereocenters. The lowest BCUT2D eigenvalue weighted by Crippen LogP contribution is -2.23. The summed E-state index contributed by atoms with van der Waals surface area (Å²) in [5, 5.41) is 3.17. The molecule has 0 spiro atoms. The monoisotopic (exact) mass is 224 g/mol. The first-order valence-electron chi connectivity index (χ1n) is 6.10. The van der Waals surface area contributed by atoms with E-state index in [0.717, 1.165) is 32.6 Å². The molecule has 1 rings (SSSR count). The Balaban J connectivity index is 2.36. The van der Waals surface area contributed by atoms with Crippen LogP contribution in [0.5, 0.6) is 0 Å². The fourth-order valence-corrected chi connectivity index (χ4v) is 1.80. The van der Waals surface area contributed by atoms with Crippen LogP contribution in [0.3, 0.4) is 0 Å². The Kier molecular flexibility index (Phi) is 6.11. The molecule has 0 amide bonds. The van der Waals surface area contributed by atoms with E-state index in [-0.39, 0.29) is 0 Å². The third kappa shape index (κ3) is 4.33. The van der Waals surface area contributed by atoms with E-state index in [0.29, 0.717) is 0 Å². The molecule has 4 nitrogen and oxygen atoms in total. The van der Waals surface area contributed by atoms with Crippen LogP contribution in [0.4, 0.5) is 0 Å². The normalized spacial score (nSPS) is 11.2. The van der Waals surface area contributed by atoms with E-state index in [2.05, 4.69) is 33.7 Å². The minimum Gasteiger partial charge on any atom is -0.333 e. The zero-order valence-electron chi connectivity index (χ0n) is 10.7. The molecule has 0 aromatic carbocycles. The minimum atomic E-state index is 0.990. The Hall–Kier alpha value is -0.870. The second kappa shape index (κ2) is 7.41. The third-order valence-electron chi connectivity index (χ3n) is 2.66. The van der Waals surface area contributed by atoms with Crippen molar-refractivity contribution in [1.29, 1.82) is 0 Å². The topological polar surface area (TPSA) is 33.1 Å². The van der Waals surface area contributed by atoms with Crippen LogP contribution in [-0.4, -0.2) is 41.6 Å². The number of hydrogen-bond acceptors (Lipinski definition) is 3. The molecule has 92 valence electrons. The molecule has 0 saturated carbocycles. The zero-order chi connectivity index (χ0) is 11.8. The molecular formula is C12H24N4. The number of aryl methyl sites for hydroxylation is 1. The van der Waals surface area contributed by atoms with Gasteiger partial charge in [-0.1, -0.05) is 6.92 Å². The van der Waals surface area contributed by atoms with Crippen molar-refractivity contribution in [3.8, 4) is 0 Å². The van der Waals surface area contributed by atoms with Crippen molar-refractivity contribution in [2.24, 2.45) is 0 Å². The highest BCUT2D eigenvalue weighted by Gasteiger charge is 2.04. The average molecular weight is 224 g/mol. The number of hydrogen-bond donors (Lipinski definition) is 1. The quantitative estimate of drug-likeness (QED) is 0.676. The Bertz CT molecular complexity index is 282. The number of aromatic nitrogens is 2. The van der Waals surface area contributed by atoms with Crippen molar-refractivity contribution in [3.05, 3.63) is 18.2 Å². The highest BCUT2D eigenvalue weighted by molar-refractivity contribution is 4.97. The van der Waals surface area contributed by atoms with Gasteiger partial charge in [0.15, 0.2) is 0 Å². The second-order valence-corrected chi connectivity index (χ2v) is 4.27. The van der Waals surface area contributed by atoms with Gasteiger partial charge in [0.1, 0.15) is 0 Å². The van der Waals surface area contributed by atoms with Gasteiger partial charge in [0, 0.05) is 19.3 Å². The van der Waals surface area contributed by atoms with Crippen molar-refractivity contribution in [3.63, 3.8) is 0 Å². The number of nitrogens with one attached hydrogen (secondary N) is 1. The van der Waals surface area contributed by atoms with E-state index >= 15 is 0 Å². The first kappa shape index (κ1) is 13.2. The molecule has 0 fully saturated rings. The number of imidazole rings is 1. The van der Waals surface area contributed by atoms with Crippen molar-refractivity contribution in [1.82, 2.24) is 19.8 Å². The van der Waals surface area contributed by atoms with Crippen LogP contribution in [0.25, 0.3) is 0 Å². The summed E-state index contributed by atoms with van der Waals surface area (Å²) in [5.41, 5.74) is 1.31. The fourth-order valence-electron chi connectivity index (χ4n) is 1.80. The van der Waals surface area contributed by atoms with Crippen LogP contribution in [0.1, 0.15) is 25.5 Å². The Labute approximate surface area is 98.7 Å². The van der Waals surface area contributed by atoms with Gasteiger partial charge in [0.05, 0.1) is 12.0 Å². The van der Waals surface area contributed by atoms with E-state index in [1.807, 2.05) is 19.6 Å². The van der Waals surface area contributed by atoms with Crippen molar-refractivity contribution < 1.29 is 0 Å². The fraction of sp³-hybridized carbons (Fsp3) is 0.750. The van der Waals surface area contributed by atoms with Crippen LogP contribution in [0.2, 0.25) is 0 Å². The maximum atomic E-state index is 4.21. The molecule has 0 bridgehead atoms. The molecule has 1 heterocycles. The molecule has 1 aromatic rings. The summed E-state index contributed by atoms with van der Waals surface area (Å²) in [6.07, 6.45) is 6.26. The summed E-state index contributed by atoms with van der Waals surface area (Å²) < 4.78 is 2.24. The average Bonchev–Trinajstić information content (AvgIpc) is 2.67. The lowest BCUT2D eigenvalue weighted by Gasteiger charge is -2.17. The molecule has 0 saturated heterocycles. The first-order valence-corrected chi connectivity index (χ1v) is 6.10. The Morgan fingerprint density at radius 1 is 1.50 bits per heavy atom. The van der Waals surface area contributed by atoms with Crippen LogP contribution in [0.15, 0.2) is 12.5 Å². The molecule has 4 heteroatoms. The summed E-state index contributed by atoms with van der Waals surface area (Å²) in [6.45, 7) is 6.46. The summed E-state index contributed by atoms with van der Waals surface area (Å²) >= 11 is 0. The van der Waals surface area contributed by atoms with E-state index in [9.17, 15) is 0 Å². The molecule has 0 aliphatic carbocycles. The zero-order valence-corrected chi connectivity index (χ0v) is 10.7. The van der Waals surface area contributed by atoms with Gasteiger partial charge in [-0.3, -0.25) is 0 Å². The van der Waals surface area contributed by atoms with Crippen molar-refractivity contribution >= 4 is 0 Å². The van der Waals surface area contributed by atoms with Crippen LogP contribution < -0.4 is 5.32 Å². The van der Waals surface area contributed by atoms with Crippen LogP contribution in [-0.2, 0) is 13.1 Å². The van der Waals surface area contributed by atoms with Crippen molar-refractivity contribution in [2.75, 3.05) is 27.2 Å². The SMILES string of the molecule is CCCn1cncc1CN(C)CCCNC. The smallest absolute Gasteiger partial charge is 0.0948 e. The molecular weight excluding hydrogens is 200 g/mol. The van der Waals surface area contributed by atoms with E-state index in [1.54, 1.807) is 0 Å². The predicted molar refractivity (Wildman–Crippen MR) is 67.4 cm³/mol. The predicted octanol–water partition coefficient (Wildman–Crippen LogP) is 1.33. The van der Waals surface area contributed by atoms with Gasteiger partial charge in [-0.2, -0.15) is 0 Å². The maximum absolute atomic E-state index is 4.21. The van der Waals surface area contributed by atoms with E-state index < -0.39 is 0 Å². The summed E-state index contributed by atoms with van der Waals surface area (Å²) in [4.78, 5) is 6.56. The van der Waals surface area contributed by atoms with Gasteiger partial charge in [-0.05, 0) is 40.0 Å². The highest BCUT2D eigenvalue weighted by Crippen LogP contribution is 2.04. The maximum Gasteiger partial charge on any atom is 0.0948 e. The summed E-state index contributed by atoms with van der Waals surface area (Å²) in [7, 11) is 4.16. The van der Waals surface area contributed by atoms with Gasteiger partial charge < -0.3 is 14.8 Å². The largest absolute Gasteiger partial charge is 0.333 e. The first-order chi connectivity index (χ1) is 7.77. The van der Waals surface area contributed by atoms with Gasteiger partial charge >= 0.3 is 0 Å². The third-order valence-corrected chi connectivity index (χ3v) is 2.66. The molecule has 16 heavy (non-hydrogen) atoms. The van der Waals surface area contributed by atoms with Gasteiger partial charge in [0.25, 0.3) is 0 Å². The molecule has 0 unspecified atom stereocenters. The molecule has 1 aromatic heterocycles. The van der Waals surface area contributed by atoms with Gasteiger partial charge in [-0.15, -0.1) is 0 Å². The standard InChI is InChI=1S/C12H24N4/c1-4-7-16-11-14-9-12(16)10-15(3)8-5-6-13-2/h9,11,13H,4-8,10H2,1-3H3. The number of nitrogens with zero attached hydrogens (tertiary/aromatic N) is 3. The van der Waals surface area contributed by atoms with Crippen molar-refractivity contribution in [2.45, 2.75) is 32.9 Å². The molecule has 0 aliphatic rings. The van der Waals surface area contributed by atoms with E-state index in [4.69, 9.17) is 0 Å². The second-order valence-electron chi connectivity index (χ2n) is 4.27. The summed E-state index contributed by atoms with van der Waals surface area (Å²) in [6, 6.07) is 0. The highest BCUT2D eigenvalue weighted by atomic mass is 15.1. The van der Waals surface area contributed by atoms with Crippen LogP contribution in [0, 0.1) is 0 Å². The molecule has 0 aliphatic heterocycles. The minimum absolute atomic E-state index is 0.990. The van der Waals surface area contributed by atoms with Crippen LogP contribution >= 0.6 is 0 Å². The summed E-state index contributed by atoms with van der Waals surface area (Å²) in [5.74, 6) is 0. The Morgan fingerprint density at radius 2 is 2.31 bits per heavy atom. The van der Waals surface area contributed by atoms with Gasteiger partial charge in [-0.25, -0.2) is 4.98 Å². The van der Waals surface area contributed by atoms with E-state index in [1.165, 1.54) is 12.1 Å². The lowest BCUT2D eigenvalue weighted by molar-refractivity contribution is 0.312. The number of rotatable bonds is 8.